The average Bonchev–Trinajstić information content (AvgIpc) is 2.86. The Morgan fingerprint density at radius 3 is 3.00 bits per heavy atom. The summed E-state index contributed by atoms with van der Waals surface area (Å²) >= 11 is 0. The Kier molecular flexibility index (Phi) is 3.53. The van der Waals surface area contributed by atoms with Crippen molar-refractivity contribution in [3.05, 3.63) is 35.4 Å². The van der Waals surface area contributed by atoms with Gasteiger partial charge in [0, 0.05) is 13.0 Å². The number of aryl methyl sites for hydroxylation is 1. The van der Waals surface area contributed by atoms with E-state index in [1.165, 1.54) is 5.56 Å². The van der Waals surface area contributed by atoms with E-state index in [4.69, 9.17) is 4.74 Å². The minimum atomic E-state index is -0.434. The second-order valence-corrected chi connectivity index (χ2v) is 5.37. The number of carbonyl (C=O) groups is 1. The van der Waals surface area contributed by atoms with Crippen LogP contribution in [-0.2, 0) is 16.0 Å². The molecule has 0 amide bonds. The molecule has 0 spiro atoms. The van der Waals surface area contributed by atoms with E-state index < -0.39 is 6.10 Å². The SMILES string of the molecule is O=C(OC1CCCc2ccccc21)[C@H]1C[C@@H](O)CN1. The van der Waals surface area contributed by atoms with E-state index in [0.717, 1.165) is 24.8 Å². The van der Waals surface area contributed by atoms with E-state index in [-0.39, 0.29) is 18.1 Å². The highest BCUT2D eigenvalue weighted by Crippen LogP contribution is 2.32. The molecule has 4 heteroatoms. The number of hydrogen-bond donors (Lipinski definition) is 2. The third-order valence-electron chi connectivity index (χ3n) is 3.96. The van der Waals surface area contributed by atoms with E-state index in [2.05, 4.69) is 11.4 Å². The maximum atomic E-state index is 12.1. The van der Waals surface area contributed by atoms with Crippen molar-refractivity contribution in [3.63, 3.8) is 0 Å². The molecule has 2 N–H and O–H groups in total. The molecule has 0 bridgehead atoms. The van der Waals surface area contributed by atoms with E-state index in [1.807, 2.05) is 18.2 Å². The van der Waals surface area contributed by atoms with Gasteiger partial charge in [-0.3, -0.25) is 4.79 Å². The number of carbonyl (C=O) groups excluding carboxylic acids is 1. The van der Waals surface area contributed by atoms with E-state index in [1.54, 1.807) is 0 Å². The Labute approximate surface area is 112 Å². The minimum Gasteiger partial charge on any atom is -0.456 e. The van der Waals surface area contributed by atoms with Gasteiger partial charge in [-0.15, -0.1) is 0 Å². The van der Waals surface area contributed by atoms with Crippen molar-refractivity contribution < 1.29 is 14.6 Å². The van der Waals surface area contributed by atoms with Crippen LogP contribution >= 0.6 is 0 Å². The number of rotatable bonds is 2. The van der Waals surface area contributed by atoms with E-state index in [9.17, 15) is 9.90 Å². The monoisotopic (exact) mass is 261 g/mol. The Morgan fingerprint density at radius 2 is 2.21 bits per heavy atom. The lowest BCUT2D eigenvalue weighted by molar-refractivity contribution is -0.152. The first kappa shape index (κ1) is 12.6. The summed E-state index contributed by atoms with van der Waals surface area (Å²) in [4.78, 5) is 12.1. The highest BCUT2D eigenvalue weighted by molar-refractivity contribution is 5.76. The molecular weight excluding hydrogens is 242 g/mol. The molecular formula is C15H19NO3. The molecule has 3 rings (SSSR count). The van der Waals surface area contributed by atoms with Crippen LogP contribution in [0.25, 0.3) is 0 Å². The molecule has 4 nitrogen and oxygen atoms in total. The highest BCUT2D eigenvalue weighted by Gasteiger charge is 2.32. The Morgan fingerprint density at radius 1 is 1.37 bits per heavy atom. The third-order valence-corrected chi connectivity index (χ3v) is 3.96. The topological polar surface area (TPSA) is 58.6 Å². The van der Waals surface area contributed by atoms with Crippen LogP contribution in [-0.4, -0.2) is 29.8 Å². The molecule has 1 aromatic carbocycles. The van der Waals surface area contributed by atoms with Crippen LogP contribution in [0.4, 0.5) is 0 Å². The van der Waals surface area contributed by atoms with Gasteiger partial charge in [-0.25, -0.2) is 0 Å². The number of fused-ring (bicyclic) bond motifs is 1. The lowest BCUT2D eigenvalue weighted by Crippen LogP contribution is -2.33. The molecule has 0 aromatic heterocycles. The first-order chi connectivity index (χ1) is 9.24. The highest BCUT2D eigenvalue weighted by atomic mass is 16.5. The summed E-state index contributed by atoms with van der Waals surface area (Å²) in [6, 6.07) is 7.81. The van der Waals surface area contributed by atoms with E-state index in [0.29, 0.717) is 13.0 Å². The summed E-state index contributed by atoms with van der Waals surface area (Å²) in [6.07, 6.45) is 2.89. The van der Waals surface area contributed by atoms with E-state index >= 15 is 0 Å². The fourth-order valence-corrected chi connectivity index (χ4v) is 2.95. The van der Waals surface area contributed by atoms with Crippen LogP contribution in [0, 0.1) is 0 Å². The largest absolute Gasteiger partial charge is 0.456 e. The molecule has 1 aromatic rings. The van der Waals surface area contributed by atoms with Gasteiger partial charge in [-0.05, 0) is 30.4 Å². The zero-order chi connectivity index (χ0) is 13.2. The fourth-order valence-electron chi connectivity index (χ4n) is 2.95. The molecule has 2 aliphatic rings. The van der Waals surface area contributed by atoms with Gasteiger partial charge in [0.15, 0.2) is 0 Å². The first-order valence-electron chi connectivity index (χ1n) is 6.94. The molecule has 0 saturated carbocycles. The number of hydrogen-bond acceptors (Lipinski definition) is 4. The molecule has 3 atom stereocenters. The van der Waals surface area contributed by atoms with Gasteiger partial charge in [0.2, 0.25) is 0 Å². The summed E-state index contributed by atoms with van der Waals surface area (Å²) < 4.78 is 5.64. The summed E-state index contributed by atoms with van der Waals surface area (Å²) in [7, 11) is 0. The molecule has 102 valence electrons. The maximum Gasteiger partial charge on any atom is 0.323 e. The molecule has 1 aliphatic heterocycles. The average molecular weight is 261 g/mol. The number of benzene rings is 1. The summed E-state index contributed by atoms with van der Waals surface area (Å²) in [5.41, 5.74) is 2.42. The number of esters is 1. The van der Waals surface area contributed by atoms with Crippen LogP contribution in [0.2, 0.25) is 0 Å². The molecule has 1 aliphatic carbocycles. The standard InChI is InChI=1S/C15H19NO3/c17-11-8-13(16-9-11)15(18)19-14-7-3-5-10-4-1-2-6-12(10)14/h1-2,4,6,11,13-14,16-17H,3,5,7-9H2/t11-,13-,14?/m1/s1. The Hall–Kier alpha value is -1.39. The second-order valence-electron chi connectivity index (χ2n) is 5.37. The number of β-amino-alcohol motifs (C(OH)–C–C–N with tert-alkyl or cyclic N) is 1. The van der Waals surface area contributed by atoms with Gasteiger partial charge < -0.3 is 15.2 Å². The lowest BCUT2D eigenvalue weighted by atomic mass is 9.89. The Bertz CT molecular complexity index is 474. The number of aliphatic hydroxyl groups is 1. The summed E-state index contributed by atoms with van der Waals surface area (Å²) in [5, 5.41) is 12.4. The van der Waals surface area contributed by atoms with Gasteiger partial charge in [0.25, 0.3) is 0 Å². The molecule has 1 fully saturated rings. The number of nitrogens with one attached hydrogen (secondary N) is 1. The van der Waals surface area contributed by atoms with Crippen LogP contribution in [0.3, 0.4) is 0 Å². The van der Waals surface area contributed by atoms with Crippen molar-refractivity contribution in [2.75, 3.05) is 6.54 Å². The van der Waals surface area contributed by atoms with Crippen LogP contribution in [0.5, 0.6) is 0 Å². The lowest BCUT2D eigenvalue weighted by Gasteiger charge is -2.26. The van der Waals surface area contributed by atoms with Crippen molar-refractivity contribution in [1.29, 1.82) is 0 Å². The van der Waals surface area contributed by atoms with Crippen LogP contribution in [0.15, 0.2) is 24.3 Å². The second kappa shape index (κ2) is 5.31. The van der Waals surface area contributed by atoms with Crippen molar-refractivity contribution >= 4 is 5.97 Å². The molecule has 19 heavy (non-hydrogen) atoms. The zero-order valence-electron chi connectivity index (χ0n) is 10.8. The van der Waals surface area contributed by atoms with Gasteiger partial charge in [-0.1, -0.05) is 24.3 Å². The zero-order valence-corrected chi connectivity index (χ0v) is 10.8. The number of aliphatic hydroxyl groups excluding tert-OH is 1. The summed E-state index contributed by atoms with van der Waals surface area (Å²) in [6.45, 7) is 0.473. The predicted molar refractivity (Wildman–Crippen MR) is 70.6 cm³/mol. The van der Waals surface area contributed by atoms with Gasteiger partial charge in [0.1, 0.15) is 12.1 Å². The van der Waals surface area contributed by atoms with Crippen molar-refractivity contribution in [2.24, 2.45) is 0 Å². The molecule has 1 saturated heterocycles. The van der Waals surface area contributed by atoms with Crippen molar-refractivity contribution in [3.8, 4) is 0 Å². The number of ether oxygens (including phenoxy) is 1. The Balaban J connectivity index is 1.69. The fraction of sp³-hybridized carbons (Fsp3) is 0.533. The normalized spacial score (nSPS) is 29.8. The van der Waals surface area contributed by atoms with Crippen molar-refractivity contribution in [1.82, 2.24) is 5.32 Å². The van der Waals surface area contributed by atoms with Gasteiger partial charge in [-0.2, -0.15) is 0 Å². The maximum absolute atomic E-state index is 12.1. The quantitative estimate of drug-likeness (QED) is 0.789. The molecule has 0 radical (unpaired) electrons. The van der Waals surface area contributed by atoms with Crippen LogP contribution in [0.1, 0.15) is 36.5 Å². The smallest absolute Gasteiger partial charge is 0.323 e. The third kappa shape index (κ3) is 2.65. The predicted octanol–water partition coefficient (Wildman–Crippen LogP) is 1.33. The van der Waals surface area contributed by atoms with Gasteiger partial charge in [0.05, 0.1) is 6.10 Å². The minimum absolute atomic E-state index is 0.128. The summed E-state index contributed by atoms with van der Waals surface area (Å²) in [5.74, 6) is -0.238. The molecule has 1 unspecified atom stereocenters. The van der Waals surface area contributed by atoms with Crippen LogP contribution < -0.4 is 5.32 Å². The molecule has 1 heterocycles. The van der Waals surface area contributed by atoms with Crippen molar-refractivity contribution in [2.45, 2.75) is 43.9 Å². The first-order valence-corrected chi connectivity index (χ1v) is 6.94. The van der Waals surface area contributed by atoms with Gasteiger partial charge >= 0.3 is 5.97 Å².